The van der Waals surface area contributed by atoms with Gasteiger partial charge in [-0.25, -0.2) is 4.98 Å². The Hall–Kier alpha value is -1.79. The summed E-state index contributed by atoms with van der Waals surface area (Å²) in [6, 6.07) is 2.67. The van der Waals surface area contributed by atoms with Crippen LogP contribution in [0.4, 0.5) is 13.2 Å². The number of rotatable bonds is 3. The first-order valence-electron chi connectivity index (χ1n) is 3.89. The monoisotopic (exact) mass is 219 g/mol. The van der Waals surface area contributed by atoms with Gasteiger partial charge in [0, 0.05) is 6.20 Å². The van der Waals surface area contributed by atoms with E-state index in [1.165, 1.54) is 18.3 Å². The van der Waals surface area contributed by atoms with Crippen LogP contribution >= 0.6 is 0 Å². The van der Waals surface area contributed by atoms with E-state index in [4.69, 9.17) is 11.1 Å². The van der Waals surface area contributed by atoms with Gasteiger partial charge in [0.25, 0.3) is 0 Å². The van der Waals surface area contributed by atoms with E-state index in [9.17, 15) is 13.2 Å². The molecule has 0 spiro atoms. The molecule has 0 saturated carbocycles. The fraction of sp³-hybridized carbons (Fsp3) is 0.250. The smallest absolute Gasteiger partial charge is 0.422 e. The number of amidine groups is 1. The summed E-state index contributed by atoms with van der Waals surface area (Å²) in [5.74, 6) is -0.588. The largest absolute Gasteiger partial charge is 0.482 e. The van der Waals surface area contributed by atoms with Crippen molar-refractivity contribution in [2.24, 2.45) is 5.73 Å². The number of nitrogens with zero attached hydrogens (tertiary/aromatic N) is 1. The molecule has 0 aliphatic rings. The average Bonchev–Trinajstić information content (AvgIpc) is 2.14. The van der Waals surface area contributed by atoms with Gasteiger partial charge in [0.05, 0.1) is 0 Å². The highest BCUT2D eigenvalue weighted by Crippen LogP contribution is 2.20. The van der Waals surface area contributed by atoms with Crippen molar-refractivity contribution in [2.45, 2.75) is 6.18 Å². The van der Waals surface area contributed by atoms with E-state index in [0.29, 0.717) is 0 Å². The third kappa shape index (κ3) is 3.45. The lowest BCUT2D eigenvalue weighted by molar-refractivity contribution is -0.153. The van der Waals surface area contributed by atoms with Crippen LogP contribution in [0.25, 0.3) is 0 Å². The van der Waals surface area contributed by atoms with Gasteiger partial charge in [-0.15, -0.1) is 0 Å². The quantitative estimate of drug-likeness (QED) is 0.594. The van der Waals surface area contributed by atoms with Crippen LogP contribution in [0.2, 0.25) is 0 Å². The van der Waals surface area contributed by atoms with Gasteiger partial charge < -0.3 is 10.5 Å². The fourth-order valence-corrected chi connectivity index (χ4v) is 0.869. The van der Waals surface area contributed by atoms with E-state index in [-0.39, 0.29) is 11.4 Å². The average molecular weight is 219 g/mol. The number of hydrogen-bond acceptors (Lipinski definition) is 3. The Labute approximate surface area is 83.4 Å². The molecule has 7 heteroatoms. The Balaban J connectivity index is 2.81. The van der Waals surface area contributed by atoms with Crippen molar-refractivity contribution < 1.29 is 17.9 Å². The van der Waals surface area contributed by atoms with Crippen molar-refractivity contribution in [3.05, 3.63) is 24.0 Å². The van der Waals surface area contributed by atoms with Crippen LogP contribution in [0.3, 0.4) is 0 Å². The molecule has 4 nitrogen and oxygen atoms in total. The Morgan fingerprint density at radius 2 is 2.20 bits per heavy atom. The molecule has 15 heavy (non-hydrogen) atoms. The third-order valence-corrected chi connectivity index (χ3v) is 1.42. The van der Waals surface area contributed by atoms with Crippen LogP contribution in [0, 0.1) is 5.41 Å². The van der Waals surface area contributed by atoms with Crippen LogP contribution < -0.4 is 10.5 Å². The number of halogens is 3. The summed E-state index contributed by atoms with van der Waals surface area (Å²) in [6.45, 7) is -1.43. The van der Waals surface area contributed by atoms with Crippen LogP contribution in [0.5, 0.6) is 5.75 Å². The summed E-state index contributed by atoms with van der Waals surface area (Å²) in [5.41, 5.74) is 5.02. The molecule has 82 valence electrons. The zero-order valence-electron chi connectivity index (χ0n) is 7.51. The molecule has 0 amide bonds. The van der Waals surface area contributed by atoms with E-state index < -0.39 is 18.6 Å². The predicted molar refractivity (Wildman–Crippen MR) is 46.8 cm³/mol. The van der Waals surface area contributed by atoms with Gasteiger partial charge in [0.15, 0.2) is 6.61 Å². The van der Waals surface area contributed by atoms with Crippen LogP contribution in [0.1, 0.15) is 5.69 Å². The Bertz CT molecular complexity index is 364. The van der Waals surface area contributed by atoms with Crippen LogP contribution in [-0.4, -0.2) is 23.6 Å². The SMILES string of the molecule is N=C(N)c1ncccc1OCC(F)(F)F. The number of pyridine rings is 1. The maximum Gasteiger partial charge on any atom is 0.422 e. The Morgan fingerprint density at radius 1 is 1.53 bits per heavy atom. The third-order valence-electron chi connectivity index (χ3n) is 1.42. The summed E-state index contributed by atoms with van der Waals surface area (Å²) >= 11 is 0. The number of alkyl halides is 3. The highest BCUT2D eigenvalue weighted by atomic mass is 19.4. The van der Waals surface area contributed by atoms with E-state index in [0.717, 1.165) is 0 Å². The molecule has 0 atom stereocenters. The lowest BCUT2D eigenvalue weighted by Gasteiger charge is -2.11. The van der Waals surface area contributed by atoms with E-state index in [1.54, 1.807) is 0 Å². The highest BCUT2D eigenvalue weighted by Gasteiger charge is 2.29. The number of nitrogens with one attached hydrogen (secondary N) is 1. The van der Waals surface area contributed by atoms with E-state index in [1.807, 2.05) is 0 Å². The van der Waals surface area contributed by atoms with E-state index in [2.05, 4.69) is 9.72 Å². The van der Waals surface area contributed by atoms with Gasteiger partial charge in [0.1, 0.15) is 17.3 Å². The van der Waals surface area contributed by atoms with Gasteiger partial charge in [-0.1, -0.05) is 0 Å². The summed E-state index contributed by atoms with van der Waals surface area (Å²) < 4.78 is 40.0. The minimum atomic E-state index is -4.43. The molecule has 1 rings (SSSR count). The zero-order valence-corrected chi connectivity index (χ0v) is 7.51. The predicted octanol–water partition coefficient (Wildman–Crippen LogP) is 1.31. The highest BCUT2D eigenvalue weighted by molar-refractivity contribution is 5.95. The van der Waals surface area contributed by atoms with Gasteiger partial charge in [-0.3, -0.25) is 5.41 Å². The van der Waals surface area contributed by atoms with Crippen molar-refractivity contribution in [3.8, 4) is 5.75 Å². The molecule has 0 aliphatic carbocycles. The molecular weight excluding hydrogens is 211 g/mol. The number of hydrogen-bond donors (Lipinski definition) is 2. The van der Waals surface area contributed by atoms with Crippen LogP contribution in [0.15, 0.2) is 18.3 Å². The van der Waals surface area contributed by atoms with Crippen molar-refractivity contribution >= 4 is 5.84 Å². The zero-order chi connectivity index (χ0) is 11.5. The first-order valence-corrected chi connectivity index (χ1v) is 3.89. The minimum Gasteiger partial charge on any atom is -0.482 e. The van der Waals surface area contributed by atoms with Gasteiger partial charge in [-0.2, -0.15) is 13.2 Å². The maximum atomic E-state index is 11.8. The second kappa shape index (κ2) is 4.16. The molecule has 1 aromatic heterocycles. The number of nitrogen functional groups attached to an aromatic ring is 1. The Kier molecular flexibility index (Phi) is 3.13. The van der Waals surface area contributed by atoms with Crippen LogP contribution in [-0.2, 0) is 0 Å². The summed E-state index contributed by atoms with van der Waals surface area (Å²) in [5, 5.41) is 7.06. The summed E-state index contributed by atoms with van der Waals surface area (Å²) in [6.07, 6.45) is -3.11. The molecule has 0 unspecified atom stereocenters. The maximum absolute atomic E-state index is 11.8. The Morgan fingerprint density at radius 3 is 2.73 bits per heavy atom. The number of aromatic nitrogens is 1. The molecule has 0 saturated heterocycles. The van der Waals surface area contributed by atoms with Gasteiger partial charge >= 0.3 is 6.18 Å². The first kappa shape index (κ1) is 11.3. The standard InChI is InChI=1S/C8H8F3N3O/c9-8(10,11)4-15-5-2-1-3-14-6(5)7(12)13/h1-3H,4H2,(H3,12,13). The lowest BCUT2D eigenvalue weighted by Crippen LogP contribution is -2.22. The molecule has 0 fully saturated rings. The minimum absolute atomic E-state index is 0.0956. The van der Waals surface area contributed by atoms with Gasteiger partial charge in [0.2, 0.25) is 0 Å². The molecule has 0 aliphatic heterocycles. The fourth-order valence-electron chi connectivity index (χ4n) is 0.869. The molecule has 1 heterocycles. The first-order chi connectivity index (χ1) is 6.90. The molecule has 3 N–H and O–H groups in total. The number of ether oxygens (including phenoxy) is 1. The normalized spacial score (nSPS) is 11.1. The second-order valence-corrected chi connectivity index (χ2v) is 2.67. The molecule has 0 aromatic carbocycles. The van der Waals surface area contributed by atoms with E-state index >= 15 is 0 Å². The second-order valence-electron chi connectivity index (χ2n) is 2.67. The topological polar surface area (TPSA) is 72.0 Å². The molecule has 1 aromatic rings. The van der Waals surface area contributed by atoms with Crippen molar-refractivity contribution in [1.29, 1.82) is 5.41 Å². The van der Waals surface area contributed by atoms with Crippen molar-refractivity contribution in [1.82, 2.24) is 4.98 Å². The number of nitrogens with two attached hydrogens (primary N) is 1. The molecule has 0 bridgehead atoms. The van der Waals surface area contributed by atoms with Crippen molar-refractivity contribution in [2.75, 3.05) is 6.61 Å². The molecular formula is C8H8F3N3O. The molecule has 0 radical (unpaired) electrons. The summed E-state index contributed by atoms with van der Waals surface area (Å²) in [7, 11) is 0. The van der Waals surface area contributed by atoms with Crippen molar-refractivity contribution in [3.63, 3.8) is 0 Å². The lowest BCUT2D eigenvalue weighted by atomic mass is 10.3. The van der Waals surface area contributed by atoms with Gasteiger partial charge in [-0.05, 0) is 12.1 Å². The summed E-state index contributed by atoms with van der Waals surface area (Å²) in [4.78, 5) is 3.64.